The van der Waals surface area contributed by atoms with E-state index < -0.39 is 12.0 Å². The molecular weight excluding hydrogens is 412 g/mol. The fraction of sp³-hybridized carbons (Fsp3) is 0.167. The molecule has 3 aromatic rings. The molecule has 1 aliphatic rings. The SMILES string of the molecule is COc1ccc(COC(=O)C2=C(C)NC(=O)NC2c2ccc(-c3ccccc3)s2)cc1. The van der Waals surface area contributed by atoms with Crippen molar-refractivity contribution in [3.63, 3.8) is 0 Å². The minimum Gasteiger partial charge on any atom is -0.497 e. The Hall–Kier alpha value is -3.58. The average Bonchev–Trinajstić information content (AvgIpc) is 3.28. The van der Waals surface area contributed by atoms with E-state index in [-0.39, 0.29) is 12.6 Å². The van der Waals surface area contributed by atoms with Crippen LogP contribution in [0.5, 0.6) is 5.75 Å². The molecule has 0 aliphatic carbocycles. The van der Waals surface area contributed by atoms with Gasteiger partial charge < -0.3 is 20.1 Å². The highest BCUT2D eigenvalue weighted by Gasteiger charge is 2.33. The van der Waals surface area contributed by atoms with Crippen molar-refractivity contribution in [2.24, 2.45) is 0 Å². The molecule has 2 N–H and O–H groups in total. The number of urea groups is 1. The van der Waals surface area contributed by atoms with Crippen molar-refractivity contribution < 1.29 is 19.1 Å². The fourth-order valence-electron chi connectivity index (χ4n) is 3.39. The number of rotatable bonds is 6. The van der Waals surface area contributed by atoms with E-state index in [9.17, 15) is 9.59 Å². The molecule has 0 spiro atoms. The van der Waals surface area contributed by atoms with Gasteiger partial charge in [-0.3, -0.25) is 0 Å². The van der Waals surface area contributed by atoms with E-state index >= 15 is 0 Å². The van der Waals surface area contributed by atoms with Crippen molar-refractivity contribution in [1.29, 1.82) is 0 Å². The van der Waals surface area contributed by atoms with E-state index in [2.05, 4.69) is 10.6 Å². The number of methoxy groups -OCH3 is 1. The van der Waals surface area contributed by atoms with Crippen LogP contribution >= 0.6 is 11.3 Å². The largest absolute Gasteiger partial charge is 0.497 e. The summed E-state index contributed by atoms with van der Waals surface area (Å²) >= 11 is 1.54. The van der Waals surface area contributed by atoms with E-state index in [1.54, 1.807) is 14.0 Å². The number of hydrogen-bond acceptors (Lipinski definition) is 5. The van der Waals surface area contributed by atoms with Gasteiger partial charge in [0.05, 0.1) is 18.7 Å². The van der Waals surface area contributed by atoms with E-state index in [0.717, 1.165) is 26.6 Å². The number of allylic oxidation sites excluding steroid dienone is 1. The van der Waals surface area contributed by atoms with Crippen LogP contribution in [0.25, 0.3) is 10.4 Å². The number of carbonyl (C=O) groups is 2. The van der Waals surface area contributed by atoms with Crippen molar-refractivity contribution in [1.82, 2.24) is 10.6 Å². The molecule has 1 aliphatic heterocycles. The maximum atomic E-state index is 13.0. The first-order valence-electron chi connectivity index (χ1n) is 9.78. The summed E-state index contributed by atoms with van der Waals surface area (Å²) in [6.45, 7) is 1.83. The second-order valence-electron chi connectivity index (χ2n) is 7.06. The molecule has 1 atom stereocenters. The van der Waals surface area contributed by atoms with Gasteiger partial charge in [0.25, 0.3) is 0 Å². The van der Waals surface area contributed by atoms with Crippen molar-refractivity contribution >= 4 is 23.3 Å². The van der Waals surface area contributed by atoms with E-state index in [0.29, 0.717) is 11.3 Å². The van der Waals surface area contributed by atoms with Crippen LogP contribution < -0.4 is 15.4 Å². The molecule has 158 valence electrons. The zero-order chi connectivity index (χ0) is 21.8. The molecule has 0 saturated heterocycles. The summed E-state index contributed by atoms with van der Waals surface area (Å²) in [6, 6.07) is 20.3. The molecule has 2 heterocycles. The third kappa shape index (κ3) is 4.62. The third-order valence-electron chi connectivity index (χ3n) is 4.99. The van der Waals surface area contributed by atoms with Gasteiger partial charge in [-0.1, -0.05) is 42.5 Å². The lowest BCUT2D eigenvalue weighted by Crippen LogP contribution is -2.45. The smallest absolute Gasteiger partial charge is 0.338 e. The molecule has 0 fully saturated rings. The molecule has 2 aromatic carbocycles. The van der Waals surface area contributed by atoms with E-state index in [4.69, 9.17) is 9.47 Å². The number of amides is 2. The van der Waals surface area contributed by atoms with Crippen molar-refractivity contribution in [2.45, 2.75) is 19.6 Å². The summed E-state index contributed by atoms with van der Waals surface area (Å²) in [5.41, 5.74) is 2.82. The van der Waals surface area contributed by atoms with Crippen LogP contribution in [0.3, 0.4) is 0 Å². The molecule has 0 radical (unpaired) electrons. The van der Waals surface area contributed by atoms with Crippen molar-refractivity contribution in [3.8, 4) is 16.2 Å². The highest BCUT2D eigenvalue weighted by Crippen LogP contribution is 2.36. The molecule has 0 saturated carbocycles. The Morgan fingerprint density at radius 2 is 1.77 bits per heavy atom. The van der Waals surface area contributed by atoms with Crippen LogP contribution in [0.4, 0.5) is 4.79 Å². The standard InChI is InChI=1S/C24H22N2O4S/c1-15-21(23(27)30-14-16-8-10-18(29-2)11-9-16)22(26-24(28)25-15)20-13-12-19(31-20)17-6-4-3-5-7-17/h3-13,22H,14H2,1-2H3,(H2,25,26,28). The van der Waals surface area contributed by atoms with Crippen molar-refractivity contribution in [2.75, 3.05) is 7.11 Å². The lowest BCUT2D eigenvalue weighted by Gasteiger charge is -2.27. The monoisotopic (exact) mass is 434 g/mol. The fourth-order valence-corrected chi connectivity index (χ4v) is 4.47. The first kappa shape index (κ1) is 20.7. The average molecular weight is 435 g/mol. The summed E-state index contributed by atoms with van der Waals surface area (Å²) in [5.74, 6) is 0.264. The zero-order valence-corrected chi connectivity index (χ0v) is 18.0. The summed E-state index contributed by atoms with van der Waals surface area (Å²) in [4.78, 5) is 27.0. The second-order valence-corrected chi connectivity index (χ2v) is 8.18. The number of esters is 1. The molecule has 7 heteroatoms. The van der Waals surface area contributed by atoms with Gasteiger partial charge in [-0.15, -0.1) is 11.3 Å². The minimum absolute atomic E-state index is 0.125. The van der Waals surface area contributed by atoms with E-state index in [1.807, 2.05) is 66.7 Å². The quantitative estimate of drug-likeness (QED) is 0.547. The second kappa shape index (κ2) is 9.06. The normalized spacial score (nSPS) is 15.8. The molecular formula is C24H22N2O4S. The lowest BCUT2D eigenvalue weighted by atomic mass is 10.0. The van der Waals surface area contributed by atoms with Crippen LogP contribution in [-0.4, -0.2) is 19.1 Å². The Morgan fingerprint density at radius 1 is 1.03 bits per heavy atom. The number of thiophene rings is 1. The van der Waals surface area contributed by atoms with Gasteiger partial charge in [-0.05, 0) is 42.3 Å². The number of ether oxygens (including phenoxy) is 2. The maximum Gasteiger partial charge on any atom is 0.338 e. The van der Waals surface area contributed by atoms with Gasteiger partial charge in [0.15, 0.2) is 0 Å². The van der Waals surface area contributed by atoms with E-state index in [1.165, 1.54) is 11.3 Å². The summed E-state index contributed by atoms with van der Waals surface area (Å²) in [5, 5.41) is 5.54. The predicted molar refractivity (Wildman–Crippen MR) is 120 cm³/mol. The van der Waals surface area contributed by atoms with Gasteiger partial charge in [0.2, 0.25) is 0 Å². The minimum atomic E-state index is -0.570. The van der Waals surface area contributed by atoms with Gasteiger partial charge in [-0.2, -0.15) is 0 Å². The summed E-state index contributed by atoms with van der Waals surface area (Å²) in [7, 11) is 1.60. The molecule has 4 rings (SSSR count). The van der Waals surface area contributed by atoms with Crippen LogP contribution in [0.2, 0.25) is 0 Å². The number of hydrogen-bond donors (Lipinski definition) is 2. The first-order chi connectivity index (χ1) is 15.0. The molecule has 6 nitrogen and oxygen atoms in total. The molecule has 1 aromatic heterocycles. The Kier molecular flexibility index (Phi) is 6.04. The van der Waals surface area contributed by atoms with Crippen LogP contribution in [0, 0.1) is 0 Å². The van der Waals surface area contributed by atoms with Gasteiger partial charge in [-0.25, -0.2) is 9.59 Å². The van der Waals surface area contributed by atoms with Crippen LogP contribution in [-0.2, 0) is 16.1 Å². The number of carbonyl (C=O) groups excluding carboxylic acids is 2. The predicted octanol–water partition coefficient (Wildman–Crippen LogP) is 4.80. The lowest BCUT2D eigenvalue weighted by molar-refractivity contribution is -0.140. The highest BCUT2D eigenvalue weighted by atomic mass is 32.1. The van der Waals surface area contributed by atoms with Crippen molar-refractivity contribution in [3.05, 3.63) is 88.4 Å². The number of nitrogens with one attached hydrogen (secondary N) is 2. The molecule has 0 bridgehead atoms. The zero-order valence-electron chi connectivity index (χ0n) is 17.2. The Labute approximate surface area is 184 Å². The highest BCUT2D eigenvalue weighted by molar-refractivity contribution is 7.15. The Morgan fingerprint density at radius 3 is 2.48 bits per heavy atom. The van der Waals surface area contributed by atoms with Gasteiger partial charge >= 0.3 is 12.0 Å². The van der Waals surface area contributed by atoms with Gasteiger partial charge in [0, 0.05) is 15.5 Å². The summed E-state index contributed by atoms with van der Waals surface area (Å²) < 4.78 is 10.7. The third-order valence-corrected chi connectivity index (χ3v) is 6.19. The first-order valence-corrected chi connectivity index (χ1v) is 10.6. The number of benzene rings is 2. The molecule has 2 amide bonds. The van der Waals surface area contributed by atoms with Gasteiger partial charge in [0.1, 0.15) is 12.4 Å². The molecule has 31 heavy (non-hydrogen) atoms. The topological polar surface area (TPSA) is 76.7 Å². The van der Waals surface area contributed by atoms with Crippen LogP contribution in [0.1, 0.15) is 23.4 Å². The van der Waals surface area contributed by atoms with Crippen LogP contribution in [0.15, 0.2) is 78.0 Å². The maximum absolute atomic E-state index is 13.0. The Balaban J connectivity index is 1.55. The Bertz CT molecular complexity index is 1120. The molecule has 1 unspecified atom stereocenters. The summed E-state index contributed by atoms with van der Waals surface area (Å²) in [6.07, 6.45) is 0.